The van der Waals surface area contributed by atoms with Crippen LogP contribution in [0.4, 0.5) is 10.5 Å². The first kappa shape index (κ1) is 29.4. The number of nitrogens with one attached hydrogen (secondary N) is 3. The van der Waals surface area contributed by atoms with Crippen LogP contribution in [0, 0.1) is 11.3 Å². The Hall–Kier alpha value is -4.62. The topological polar surface area (TPSA) is 155 Å². The lowest BCUT2D eigenvalue weighted by atomic mass is 9.74. The second-order valence-electron chi connectivity index (χ2n) is 10.5. The molecule has 5 N–H and O–H groups in total. The fourth-order valence-corrected chi connectivity index (χ4v) is 5.75. The maximum Gasteiger partial charge on any atom is 0.334 e. The summed E-state index contributed by atoms with van der Waals surface area (Å²) in [7, 11) is 0. The largest absolute Gasteiger partial charge is 0.478 e. The van der Waals surface area contributed by atoms with Crippen LogP contribution in [0.2, 0.25) is 0 Å². The minimum Gasteiger partial charge on any atom is -0.478 e. The fourth-order valence-electron chi connectivity index (χ4n) is 5.75. The van der Waals surface area contributed by atoms with Crippen molar-refractivity contribution >= 4 is 23.7 Å². The van der Waals surface area contributed by atoms with E-state index in [1.54, 1.807) is 38.1 Å². The quantitative estimate of drug-likeness (QED) is 0.288. The van der Waals surface area contributed by atoms with Crippen molar-refractivity contribution in [1.29, 1.82) is 5.26 Å². The highest BCUT2D eigenvalue weighted by molar-refractivity contribution is 5.98. The highest BCUT2D eigenvalue weighted by atomic mass is 16.4. The van der Waals surface area contributed by atoms with Gasteiger partial charge in [-0.1, -0.05) is 42.5 Å². The Morgan fingerprint density at radius 1 is 1.00 bits per heavy atom. The van der Waals surface area contributed by atoms with Crippen LogP contribution in [0.1, 0.15) is 50.2 Å². The van der Waals surface area contributed by atoms with Crippen molar-refractivity contribution in [2.75, 3.05) is 31.5 Å². The van der Waals surface area contributed by atoms with Gasteiger partial charge in [-0.05, 0) is 76.0 Å². The monoisotopic (exact) mass is 557 g/mol. The van der Waals surface area contributed by atoms with Crippen LogP contribution < -0.4 is 16.0 Å². The van der Waals surface area contributed by atoms with Gasteiger partial charge < -0.3 is 31.1 Å². The Bertz CT molecular complexity index is 1380. The summed E-state index contributed by atoms with van der Waals surface area (Å²) in [6.07, 6.45) is 2.28. The Balaban J connectivity index is 1.31. The molecule has 0 spiro atoms. The summed E-state index contributed by atoms with van der Waals surface area (Å²) in [5.74, 6) is -3.42. The molecule has 2 aromatic carbocycles. The molecule has 2 amide bonds. The molecular formula is C31H35N5O5. The van der Waals surface area contributed by atoms with E-state index in [4.69, 9.17) is 0 Å². The van der Waals surface area contributed by atoms with Gasteiger partial charge in [0, 0.05) is 23.6 Å². The second-order valence-corrected chi connectivity index (χ2v) is 10.5. The van der Waals surface area contributed by atoms with Crippen LogP contribution >= 0.6 is 0 Å². The lowest BCUT2D eigenvalue weighted by Gasteiger charge is -2.37. The first-order valence-electron chi connectivity index (χ1n) is 13.6. The van der Waals surface area contributed by atoms with Gasteiger partial charge in [-0.15, -0.1) is 0 Å². The number of dihydropyridines is 1. The molecule has 0 aromatic heterocycles. The molecule has 214 valence electrons. The number of hydrogen-bond donors (Lipinski definition) is 5. The summed E-state index contributed by atoms with van der Waals surface area (Å²) in [4.78, 5) is 39.0. The number of rotatable bonds is 9. The van der Waals surface area contributed by atoms with Crippen LogP contribution in [-0.4, -0.2) is 59.3 Å². The standard InChI is InChI=1S/C31H35N5O5/c1-20-25(28(37)38)27(26(29(39)40)21(2)34-20)22-8-6-11-24(18-22)35-30(41)33-14-7-15-36-16-12-31(19-32,13-17-36)23-9-4-3-5-10-23/h3-6,8-11,18,27,34H,7,12-17H2,1-2H3,(H,37,38)(H,39,40)(H2,33,35,41). The van der Waals surface area contributed by atoms with E-state index >= 15 is 0 Å². The summed E-state index contributed by atoms with van der Waals surface area (Å²) in [6, 6.07) is 18.7. The summed E-state index contributed by atoms with van der Waals surface area (Å²) >= 11 is 0. The lowest BCUT2D eigenvalue weighted by molar-refractivity contribution is -0.133. The molecule has 2 aliphatic heterocycles. The van der Waals surface area contributed by atoms with Gasteiger partial charge in [-0.3, -0.25) is 0 Å². The zero-order chi connectivity index (χ0) is 29.6. The number of nitrogens with zero attached hydrogens (tertiary/aromatic N) is 2. The van der Waals surface area contributed by atoms with Crippen LogP contribution in [0.15, 0.2) is 77.1 Å². The Morgan fingerprint density at radius 3 is 2.22 bits per heavy atom. The van der Waals surface area contributed by atoms with Gasteiger partial charge >= 0.3 is 18.0 Å². The van der Waals surface area contributed by atoms with Crippen LogP contribution in [0.3, 0.4) is 0 Å². The van der Waals surface area contributed by atoms with Crippen molar-refractivity contribution < 1.29 is 24.6 Å². The van der Waals surface area contributed by atoms with Crippen molar-refractivity contribution in [3.05, 3.63) is 88.3 Å². The summed E-state index contributed by atoms with van der Waals surface area (Å²) in [5, 5.41) is 38.0. The van der Waals surface area contributed by atoms with Gasteiger partial charge in [-0.25, -0.2) is 14.4 Å². The van der Waals surface area contributed by atoms with Crippen molar-refractivity contribution in [2.24, 2.45) is 0 Å². The van der Waals surface area contributed by atoms with Gasteiger partial charge in [-0.2, -0.15) is 5.26 Å². The molecule has 2 aliphatic rings. The third kappa shape index (κ3) is 6.58. The van der Waals surface area contributed by atoms with Gasteiger partial charge in [0.25, 0.3) is 0 Å². The number of benzene rings is 2. The van der Waals surface area contributed by atoms with Gasteiger partial charge in [0.2, 0.25) is 0 Å². The molecule has 4 rings (SSSR count). The van der Waals surface area contributed by atoms with Crippen LogP contribution in [-0.2, 0) is 15.0 Å². The molecule has 2 heterocycles. The average molecular weight is 558 g/mol. The van der Waals surface area contributed by atoms with E-state index in [1.807, 2.05) is 30.3 Å². The third-order valence-corrected chi connectivity index (χ3v) is 7.89. The molecule has 0 atom stereocenters. The number of likely N-dealkylation sites (tertiary alicyclic amines) is 1. The van der Waals surface area contributed by atoms with E-state index in [1.165, 1.54) is 0 Å². The second kappa shape index (κ2) is 12.7. The zero-order valence-electron chi connectivity index (χ0n) is 23.2. The number of carboxylic acids is 2. The predicted molar refractivity (Wildman–Crippen MR) is 154 cm³/mol. The number of urea groups is 1. The van der Waals surface area contributed by atoms with Crippen LogP contribution in [0.5, 0.6) is 0 Å². The molecule has 0 unspecified atom stereocenters. The fraction of sp³-hybridized carbons (Fsp3) is 0.355. The average Bonchev–Trinajstić information content (AvgIpc) is 2.95. The van der Waals surface area contributed by atoms with Gasteiger partial charge in [0.05, 0.1) is 28.5 Å². The molecule has 1 saturated heterocycles. The lowest BCUT2D eigenvalue weighted by Crippen LogP contribution is -2.42. The summed E-state index contributed by atoms with van der Waals surface area (Å²) < 4.78 is 0. The number of allylic oxidation sites excluding steroid dienone is 2. The van der Waals surface area contributed by atoms with Crippen molar-refractivity contribution in [1.82, 2.24) is 15.5 Å². The molecule has 2 aromatic rings. The molecule has 0 saturated carbocycles. The smallest absolute Gasteiger partial charge is 0.334 e. The molecule has 41 heavy (non-hydrogen) atoms. The number of piperidine rings is 1. The van der Waals surface area contributed by atoms with Gasteiger partial charge in [0.1, 0.15) is 0 Å². The Morgan fingerprint density at radius 2 is 1.63 bits per heavy atom. The number of hydrogen-bond acceptors (Lipinski definition) is 6. The summed E-state index contributed by atoms with van der Waals surface area (Å²) in [6.45, 7) is 6.08. The molecule has 10 heteroatoms. The van der Waals surface area contributed by atoms with Crippen molar-refractivity contribution in [3.8, 4) is 6.07 Å². The maximum absolute atomic E-state index is 12.6. The van der Waals surface area contributed by atoms with Crippen LogP contribution in [0.25, 0.3) is 0 Å². The molecule has 1 fully saturated rings. The van der Waals surface area contributed by atoms with Crippen molar-refractivity contribution in [3.63, 3.8) is 0 Å². The van der Waals surface area contributed by atoms with E-state index in [0.717, 1.165) is 44.5 Å². The van der Waals surface area contributed by atoms with E-state index in [9.17, 15) is 29.9 Å². The third-order valence-electron chi connectivity index (χ3n) is 7.89. The first-order valence-corrected chi connectivity index (χ1v) is 13.6. The predicted octanol–water partition coefficient (Wildman–Crippen LogP) is 4.16. The van der Waals surface area contributed by atoms with E-state index < -0.39 is 29.3 Å². The summed E-state index contributed by atoms with van der Waals surface area (Å²) in [5.41, 5.74) is 2.13. The number of amides is 2. The molecule has 0 aliphatic carbocycles. The molecular weight excluding hydrogens is 522 g/mol. The highest BCUT2D eigenvalue weighted by Crippen LogP contribution is 2.39. The minimum atomic E-state index is -1.21. The Labute approximate surface area is 239 Å². The molecule has 10 nitrogen and oxygen atoms in total. The van der Waals surface area contributed by atoms with E-state index in [0.29, 0.717) is 29.2 Å². The normalized spacial score (nSPS) is 17.4. The van der Waals surface area contributed by atoms with E-state index in [-0.39, 0.29) is 11.1 Å². The van der Waals surface area contributed by atoms with Gasteiger partial charge in [0.15, 0.2) is 0 Å². The highest BCUT2D eigenvalue weighted by Gasteiger charge is 2.37. The molecule has 0 bridgehead atoms. The molecule has 0 radical (unpaired) electrons. The number of carboxylic acid groups (broad SMARTS) is 2. The maximum atomic E-state index is 12.6. The number of carbonyl (C=O) groups excluding carboxylic acids is 1. The number of carbonyl (C=O) groups is 3. The SMILES string of the molecule is CC1=C(C(=O)O)C(c2cccc(NC(=O)NCCCN3CCC(C#N)(c4ccccc4)CC3)c2)C(C(=O)O)=C(C)N1. The Kier molecular flexibility index (Phi) is 9.10. The van der Waals surface area contributed by atoms with E-state index in [2.05, 4.69) is 26.9 Å². The number of nitriles is 1. The minimum absolute atomic E-state index is 0.0527. The number of anilines is 1. The van der Waals surface area contributed by atoms with Crippen molar-refractivity contribution in [2.45, 2.75) is 44.4 Å². The zero-order valence-corrected chi connectivity index (χ0v) is 23.2. The number of aliphatic carboxylic acids is 2. The first-order chi connectivity index (χ1) is 19.6.